The van der Waals surface area contributed by atoms with Crippen molar-refractivity contribution in [3.8, 4) is 0 Å². The second kappa shape index (κ2) is 6.69. The van der Waals surface area contributed by atoms with Crippen molar-refractivity contribution in [3.05, 3.63) is 48.5 Å². The van der Waals surface area contributed by atoms with Crippen LogP contribution in [-0.4, -0.2) is 21.5 Å². The number of hydrogen-bond donors (Lipinski definition) is 2. The first-order valence-electron chi connectivity index (χ1n) is 6.72. The summed E-state index contributed by atoms with van der Waals surface area (Å²) in [5.41, 5.74) is 1.63. The van der Waals surface area contributed by atoms with Gasteiger partial charge in [-0.3, -0.25) is 9.36 Å². The lowest BCUT2D eigenvalue weighted by atomic mass is 10.1. The monoisotopic (exact) mass is 286 g/mol. The predicted octanol–water partition coefficient (Wildman–Crippen LogP) is 2.24. The lowest BCUT2D eigenvalue weighted by Crippen LogP contribution is -2.27. The highest BCUT2D eigenvalue weighted by Crippen LogP contribution is 2.12. The zero-order valence-corrected chi connectivity index (χ0v) is 12.0. The SMILES string of the molecule is CC(C)C(=O)Nc1cccc(CNC(=O)n2ccnc2)c1. The Bertz CT molecular complexity index is 620. The van der Waals surface area contributed by atoms with E-state index in [-0.39, 0.29) is 17.9 Å². The summed E-state index contributed by atoms with van der Waals surface area (Å²) < 4.78 is 1.37. The Morgan fingerprint density at radius 1 is 1.33 bits per heavy atom. The Kier molecular flexibility index (Phi) is 4.71. The molecular weight excluding hydrogens is 268 g/mol. The van der Waals surface area contributed by atoms with E-state index in [1.165, 1.54) is 10.9 Å². The number of carbonyl (C=O) groups is 2. The number of anilines is 1. The van der Waals surface area contributed by atoms with Crippen molar-refractivity contribution in [1.82, 2.24) is 14.9 Å². The van der Waals surface area contributed by atoms with E-state index in [0.717, 1.165) is 11.3 Å². The van der Waals surface area contributed by atoms with Gasteiger partial charge in [0.05, 0.1) is 0 Å². The van der Waals surface area contributed by atoms with Gasteiger partial charge < -0.3 is 10.6 Å². The molecule has 0 aliphatic heterocycles. The van der Waals surface area contributed by atoms with Crippen LogP contribution in [0.3, 0.4) is 0 Å². The fourth-order valence-corrected chi connectivity index (χ4v) is 1.69. The van der Waals surface area contributed by atoms with E-state index < -0.39 is 0 Å². The fraction of sp³-hybridized carbons (Fsp3) is 0.267. The number of rotatable bonds is 4. The number of imidazole rings is 1. The molecule has 1 aromatic heterocycles. The van der Waals surface area contributed by atoms with Crippen molar-refractivity contribution < 1.29 is 9.59 Å². The summed E-state index contributed by atoms with van der Waals surface area (Å²) in [6.45, 7) is 4.05. The normalized spacial score (nSPS) is 10.4. The van der Waals surface area contributed by atoms with E-state index in [2.05, 4.69) is 15.6 Å². The molecule has 0 radical (unpaired) electrons. The highest BCUT2D eigenvalue weighted by atomic mass is 16.2. The highest BCUT2D eigenvalue weighted by molar-refractivity contribution is 5.92. The maximum absolute atomic E-state index is 11.8. The van der Waals surface area contributed by atoms with Crippen molar-refractivity contribution in [2.75, 3.05) is 5.32 Å². The molecule has 21 heavy (non-hydrogen) atoms. The van der Waals surface area contributed by atoms with Crippen LogP contribution in [0.1, 0.15) is 19.4 Å². The Morgan fingerprint density at radius 2 is 2.14 bits per heavy atom. The lowest BCUT2D eigenvalue weighted by molar-refractivity contribution is -0.118. The van der Waals surface area contributed by atoms with Crippen LogP contribution in [0.2, 0.25) is 0 Å². The van der Waals surface area contributed by atoms with Crippen LogP contribution in [0, 0.1) is 5.92 Å². The van der Waals surface area contributed by atoms with E-state index in [4.69, 9.17) is 0 Å². The number of nitrogens with zero attached hydrogens (tertiary/aromatic N) is 2. The van der Waals surface area contributed by atoms with E-state index in [9.17, 15) is 9.59 Å². The Hall–Kier alpha value is -2.63. The first kappa shape index (κ1) is 14.8. The van der Waals surface area contributed by atoms with Crippen LogP contribution in [0.4, 0.5) is 10.5 Å². The largest absolute Gasteiger partial charge is 0.333 e. The summed E-state index contributed by atoms with van der Waals surface area (Å²) in [7, 11) is 0. The van der Waals surface area contributed by atoms with Gasteiger partial charge in [0.1, 0.15) is 6.33 Å². The van der Waals surface area contributed by atoms with Crippen LogP contribution in [0.15, 0.2) is 43.0 Å². The molecule has 1 aromatic carbocycles. The molecule has 0 saturated heterocycles. The minimum Gasteiger partial charge on any atom is -0.333 e. The molecule has 2 rings (SSSR count). The summed E-state index contributed by atoms with van der Waals surface area (Å²) in [4.78, 5) is 27.2. The number of amides is 2. The number of nitrogens with one attached hydrogen (secondary N) is 2. The molecule has 0 aliphatic carbocycles. The zero-order chi connectivity index (χ0) is 15.2. The van der Waals surface area contributed by atoms with Gasteiger partial charge >= 0.3 is 6.03 Å². The summed E-state index contributed by atoms with van der Waals surface area (Å²) in [6, 6.07) is 7.15. The molecule has 2 N–H and O–H groups in total. The molecule has 0 aliphatic rings. The van der Waals surface area contributed by atoms with Gasteiger partial charge in [-0.1, -0.05) is 26.0 Å². The molecule has 2 aromatic rings. The summed E-state index contributed by atoms with van der Waals surface area (Å²) >= 11 is 0. The van der Waals surface area contributed by atoms with Crippen LogP contribution in [0.25, 0.3) is 0 Å². The number of hydrogen-bond acceptors (Lipinski definition) is 3. The Balaban J connectivity index is 1.95. The Labute approximate surface area is 123 Å². The molecule has 0 atom stereocenters. The third-order valence-corrected chi connectivity index (χ3v) is 2.90. The third kappa shape index (κ3) is 4.17. The minimum atomic E-state index is -0.246. The second-order valence-corrected chi connectivity index (χ2v) is 4.97. The third-order valence-electron chi connectivity index (χ3n) is 2.90. The molecule has 110 valence electrons. The maximum Gasteiger partial charge on any atom is 0.327 e. The molecule has 6 heteroatoms. The summed E-state index contributed by atoms with van der Waals surface area (Å²) in [6.07, 6.45) is 4.56. The van der Waals surface area contributed by atoms with Crippen molar-refractivity contribution in [3.63, 3.8) is 0 Å². The predicted molar refractivity (Wildman–Crippen MR) is 79.8 cm³/mol. The second-order valence-electron chi connectivity index (χ2n) is 4.97. The van der Waals surface area contributed by atoms with E-state index >= 15 is 0 Å². The van der Waals surface area contributed by atoms with Crippen molar-refractivity contribution in [1.29, 1.82) is 0 Å². The quantitative estimate of drug-likeness (QED) is 0.905. The zero-order valence-electron chi connectivity index (χ0n) is 12.0. The van der Waals surface area contributed by atoms with Crippen molar-refractivity contribution >= 4 is 17.6 Å². The summed E-state index contributed by atoms with van der Waals surface area (Å²) in [5.74, 6) is -0.107. The molecule has 2 amide bonds. The fourth-order valence-electron chi connectivity index (χ4n) is 1.69. The van der Waals surface area contributed by atoms with Gasteiger partial charge in [-0.2, -0.15) is 0 Å². The number of benzene rings is 1. The average molecular weight is 286 g/mol. The van der Waals surface area contributed by atoms with Gasteiger partial charge in [-0.25, -0.2) is 9.78 Å². The molecule has 0 fully saturated rings. The van der Waals surface area contributed by atoms with Gasteiger partial charge in [0.15, 0.2) is 0 Å². The molecule has 6 nitrogen and oxygen atoms in total. The summed E-state index contributed by atoms with van der Waals surface area (Å²) in [5, 5.41) is 5.61. The topological polar surface area (TPSA) is 76.0 Å². The van der Waals surface area contributed by atoms with Crippen LogP contribution >= 0.6 is 0 Å². The van der Waals surface area contributed by atoms with Crippen LogP contribution < -0.4 is 10.6 Å². The van der Waals surface area contributed by atoms with Gasteiger partial charge in [-0.15, -0.1) is 0 Å². The minimum absolute atomic E-state index is 0.0328. The number of aromatic nitrogens is 2. The molecule has 0 unspecified atom stereocenters. The highest BCUT2D eigenvalue weighted by Gasteiger charge is 2.08. The van der Waals surface area contributed by atoms with Gasteiger partial charge in [-0.05, 0) is 17.7 Å². The first-order chi connectivity index (χ1) is 10.1. The van der Waals surface area contributed by atoms with Crippen molar-refractivity contribution in [2.45, 2.75) is 20.4 Å². The first-order valence-corrected chi connectivity index (χ1v) is 6.72. The van der Waals surface area contributed by atoms with E-state index in [0.29, 0.717) is 6.54 Å². The van der Waals surface area contributed by atoms with Crippen LogP contribution in [0.5, 0.6) is 0 Å². The van der Waals surface area contributed by atoms with Gasteiger partial charge in [0.25, 0.3) is 0 Å². The Morgan fingerprint density at radius 3 is 2.81 bits per heavy atom. The smallest absolute Gasteiger partial charge is 0.327 e. The lowest BCUT2D eigenvalue weighted by Gasteiger charge is -2.10. The molecule has 0 bridgehead atoms. The van der Waals surface area contributed by atoms with Crippen molar-refractivity contribution in [2.24, 2.45) is 5.92 Å². The molecular formula is C15H18N4O2. The standard InChI is InChI=1S/C15H18N4O2/c1-11(2)14(20)18-13-5-3-4-12(8-13)9-17-15(21)19-7-6-16-10-19/h3-8,10-11H,9H2,1-2H3,(H,17,21)(H,18,20). The average Bonchev–Trinajstić information content (AvgIpc) is 2.99. The molecule has 0 spiro atoms. The van der Waals surface area contributed by atoms with Gasteiger partial charge in [0.2, 0.25) is 5.91 Å². The van der Waals surface area contributed by atoms with E-state index in [1.54, 1.807) is 12.4 Å². The number of carbonyl (C=O) groups excluding carboxylic acids is 2. The molecule has 1 heterocycles. The van der Waals surface area contributed by atoms with E-state index in [1.807, 2.05) is 38.1 Å². The van der Waals surface area contributed by atoms with Crippen LogP contribution in [-0.2, 0) is 11.3 Å². The van der Waals surface area contributed by atoms with Gasteiger partial charge in [0, 0.05) is 30.5 Å². The maximum atomic E-state index is 11.8. The molecule has 0 saturated carbocycles.